The lowest BCUT2D eigenvalue weighted by Crippen LogP contribution is -2.05. The zero-order valence-corrected chi connectivity index (χ0v) is 12.5. The molecule has 4 heteroatoms. The van der Waals surface area contributed by atoms with Gasteiger partial charge in [-0.25, -0.2) is 4.98 Å². The second kappa shape index (κ2) is 7.80. The minimum atomic E-state index is -0.147. The third-order valence-corrected chi connectivity index (χ3v) is 3.92. The number of esters is 1. The number of hydrogen-bond acceptors (Lipinski definition) is 4. The molecular formula is C16H19NO2S. The molecule has 1 heterocycles. The monoisotopic (exact) mass is 289 g/mol. The van der Waals surface area contributed by atoms with Crippen LogP contribution in [0, 0.1) is 0 Å². The average molecular weight is 289 g/mol. The van der Waals surface area contributed by atoms with Crippen LogP contribution in [0.1, 0.15) is 29.6 Å². The van der Waals surface area contributed by atoms with Crippen LogP contribution in [0.2, 0.25) is 0 Å². The summed E-state index contributed by atoms with van der Waals surface area (Å²) in [6.07, 6.45) is 3.04. The molecule has 0 aliphatic carbocycles. The largest absolute Gasteiger partial charge is 0.466 e. The molecule has 0 spiro atoms. The van der Waals surface area contributed by atoms with Crippen molar-refractivity contribution in [3.05, 3.63) is 52.0 Å². The van der Waals surface area contributed by atoms with Gasteiger partial charge in [-0.1, -0.05) is 30.3 Å². The molecule has 1 aromatic carbocycles. The van der Waals surface area contributed by atoms with Crippen molar-refractivity contribution in [2.24, 2.45) is 0 Å². The first-order valence-corrected chi connectivity index (χ1v) is 7.78. The SMILES string of the molecule is CCOC(=O)CCc1csc(CCc2ccccc2)n1. The van der Waals surface area contributed by atoms with E-state index in [2.05, 4.69) is 29.2 Å². The van der Waals surface area contributed by atoms with Crippen LogP contribution in [0.3, 0.4) is 0 Å². The zero-order valence-electron chi connectivity index (χ0n) is 11.7. The zero-order chi connectivity index (χ0) is 14.2. The molecule has 3 nitrogen and oxygen atoms in total. The van der Waals surface area contributed by atoms with Crippen LogP contribution in [-0.4, -0.2) is 17.6 Å². The highest BCUT2D eigenvalue weighted by Crippen LogP contribution is 2.14. The van der Waals surface area contributed by atoms with Crippen molar-refractivity contribution in [3.8, 4) is 0 Å². The first-order valence-electron chi connectivity index (χ1n) is 6.90. The number of rotatable bonds is 7. The maximum absolute atomic E-state index is 11.3. The van der Waals surface area contributed by atoms with Gasteiger partial charge >= 0.3 is 5.97 Å². The molecule has 0 N–H and O–H groups in total. The Morgan fingerprint density at radius 1 is 1.20 bits per heavy atom. The second-order valence-corrected chi connectivity index (χ2v) is 5.47. The Morgan fingerprint density at radius 2 is 2.00 bits per heavy atom. The first-order chi connectivity index (χ1) is 9.78. The third-order valence-electron chi connectivity index (χ3n) is 2.96. The van der Waals surface area contributed by atoms with Crippen LogP contribution >= 0.6 is 11.3 Å². The molecule has 0 aliphatic heterocycles. The van der Waals surface area contributed by atoms with Crippen LogP contribution in [0.5, 0.6) is 0 Å². The van der Waals surface area contributed by atoms with Gasteiger partial charge in [0, 0.05) is 18.2 Å². The molecule has 0 fully saturated rings. The molecular weight excluding hydrogens is 270 g/mol. The lowest BCUT2D eigenvalue weighted by Gasteiger charge is -1.99. The standard InChI is InChI=1S/C16H19NO2S/c1-2-19-16(18)11-9-14-12-20-15(17-14)10-8-13-6-4-3-5-7-13/h3-7,12H,2,8-11H2,1H3. The highest BCUT2D eigenvalue weighted by atomic mass is 32.1. The quantitative estimate of drug-likeness (QED) is 0.733. The van der Waals surface area contributed by atoms with E-state index in [1.807, 2.05) is 18.4 Å². The smallest absolute Gasteiger partial charge is 0.306 e. The fourth-order valence-electron chi connectivity index (χ4n) is 1.94. The molecule has 0 saturated heterocycles. The van der Waals surface area contributed by atoms with Gasteiger partial charge in [0.2, 0.25) is 0 Å². The van der Waals surface area contributed by atoms with E-state index in [0.717, 1.165) is 23.5 Å². The normalized spacial score (nSPS) is 10.4. The lowest BCUT2D eigenvalue weighted by atomic mass is 10.1. The van der Waals surface area contributed by atoms with Gasteiger partial charge in [-0.05, 0) is 18.9 Å². The van der Waals surface area contributed by atoms with Gasteiger partial charge < -0.3 is 4.74 Å². The summed E-state index contributed by atoms with van der Waals surface area (Å²) in [7, 11) is 0. The molecule has 0 radical (unpaired) electrons. The van der Waals surface area contributed by atoms with Gasteiger partial charge in [-0.15, -0.1) is 11.3 Å². The third kappa shape index (κ3) is 4.78. The molecule has 2 rings (SSSR count). The molecule has 0 aliphatic rings. The average Bonchev–Trinajstić information content (AvgIpc) is 2.92. The van der Waals surface area contributed by atoms with Crippen molar-refractivity contribution in [3.63, 3.8) is 0 Å². The Bertz CT molecular complexity index is 536. The molecule has 0 unspecified atom stereocenters. The van der Waals surface area contributed by atoms with Crippen molar-refractivity contribution in [2.45, 2.75) is 32.6 Å². The van der Waals surface area contributed by atoms with E-state index < -0.39 is 0 Å². The molecule has 2 aromatic rings. The maximum Gasteiger partial charge on any atom is 0.306 e. The second-order valence-electron chi connectivity index (χ2n) is 4.52. The van der Waals surface area contributed by atoms with Gasteiger partial charge in [-0.3, -0.25) is 4.79 Å². The van der Waals surface area contributed by atoms with Crippen LogP contribution in [-0.2, 0) is 28.8 Å². The Kier molecular flexibility index (Phi) is 5.74. The van der Waals surface area contributed by atoms with E-state index >= 15 is 0 Å². The van der Waals surface area contributed by atoms with Crippen LogP contribution in [0.4, 0.5) is 0 Å². The maximum atomic E-state index is 11.3. The van der Waals surface area contributed by atoms with E-state index in [-0.39, 0.29) is 5.97 Å². The summed E-state index contributed by atoms with van der Waals surface area (Å²) in [4.78, 5) is 15.9. The van der Waals surface area contributed by atoms with Crippen molar-refractivity contribution in [1.29, 1.82) is 0 Å². The topological polar surface area (TPSA) is 39.2 Å². The Hall–Kier alpha value is -1.68. The number of thiazole rings is 1. The Labute approximate surface area is 123 Å². The number of hydrogen-bond donors (Lipinski definition) is 0. The number of carbonyl (C=O) groups excluding carboxylic acids is 1. The summed E-state index contributed by atoms with van der Waals surface area (Å²) in [5.41, 5.74) is 2.32. The Balaban J connectivity index is 1.79. The number of nitrogens with zero attached hydrogens (tertiary/aromatic N) is 1. The highest BCUT2D eigenvalue weighted by Gasteiger charge is 2.06. The van der Waals surface area contributed by atoms with Crippen LogP contribution < -0.4 is 0 Å². The number of ether oxygens (including phenoxy) is 1. The van der Waals surface area contributed by atoms with Gasteiger partial charge in [0.05, 0.1) is 23.7 Å². The van der Waals surface area contributed by atoms with E-state index in [9.17, 15) is 4.79 Å². The van der Waals surface area contributed by atoms with Crippen LogP contribution in [0.15, 0.2) is 35.7 Å². The molecule has 0 saturated carbocycles. The van der Waals surface area contributed by atoms with E-state index in [4.69, 9.17) is 4.74 Å². The summed E-state index contributed by atoms with van der Waals surface area (Å²) in [5, 5.41) is 3.17. The molecule has 0 amide bonds. The van der Waals surface area contributed by atoms with Crippen molar-refractivity contribution in [1.82, 2.24) is 4.98 Å². The van der Waals surface area contributed by atoms with Gasteiger partial charge in [0.25, 0.3) is 0 Å². The molecule has 1 aromatic heterocycles. The predicted octanol–water partition coefficient (Wildman–Crippen LogP) is 3.42. The Morgan fingerprint density at radius 3 is 2.75 bits per heavy atom. The van der Waals surface area contributed by atoms with E-state index in [1.54, 1.807) is 11.3 Å². The minimum Gasteiger partial charge on any atom is -0.466 e. The summed E-state index contributed by atoms with van der Waals surface area (Å²) in [5.74, 6) is -0.147. The minimum absolute atomic E-state index is 0.147. The van der Waals surface area contributed by atoms with Gasteiger partial charge in [0.1, 0.15) is 0 Å². The predicted molar refractivity (Wildman–Crippen MR) is 80.9 cm³/mol. The van der Waals surface area contributed by atoms with Crippen molar-refractivity contribution < 1.29 is 9.53 Å². The molecule has 0 bridgehead atoms. The fourth-order valence-corrected chi connectivity index (χ4v) is 2.77. The highest BCUT2D eigenvalue weighted by molar-refractivity contribution is 7.09. The molecule has 20 heavy (non-hydrogen) atoms. The van der Waals surface area contributed by atoms with E-state index in [0.29, 0.717) is 19.4 Å². The number of aromatic nitrogens is 1. The number of aryl methyl sites for hydroxylation is 3. The number of carbonyl (C=O) groups is 1. The fraction of sp³-hybridized carbons (Fsp3) is 0.375. The van der Waals surface area contributed by atoms with Crippen molar-refractivity contribution in [2.75, 3.05) is 6.61 Å². The van der Waals surface area contributed by atoms with Gasteiger partial charge in [-0.2, -0.15) is 0 Å². The summed E-state index contributed by atoms with van der Waals surface area (Å²) in [6.45, 7) is 2.26. The summed E-state index contributed by atoms with van der Waals surface area (Å²) in [6, 6.07) is 10.4. The first kappa shape index (κ1) is 14.7. The number of benzene rings is 1. The van der Waals surface area contributed by atoms with Gasteiger partial charge in [0.15, 0.2) is 0 Å². The van der Waals surface area contributed by atoms with Crippen LogP contribution in [0.25, 0.3) is 0 Å². The molecule has 0 atom stereocenters. The summed E-state index contributed by atoms with van der Waals surface area (Å²) >= 11 is 1.67. The van der Waals surface area contributed by atoms with Crippen molar-refractivity contribution >= 4 is 17.3 Å². The lowest BCUT2D eigenvalue weighted by molar-refractivity contribution is -0.143. The van der Waals surface area contributed by atoms with E-state index in [1.165, 1.54) is 5.56 Å². The molecule has 106 valence electrons. The summed E-state index contributed by atoms with van der Waals surface area (Å²) < 4.78 is 4.91.